The summed E-state index contributed by atoms with van der Waals surface area (Å²) in [7, 11) is 3.40. The third-order valence-corrected chi connectivity index (χ3v) is 3.28. The molecule has 0 amide bonds. The Morgan fingerprint density at radius 3 is 2.59 bits per heavy atom. The predicted molar refractivity (Wildman–Crippen MR) is 88.7 cm³/mol. The van der Waals surface area contributed by atoms with Crippen LogP contribution in [0.5, 0.6) is 11.5 Å². The topological polar surface area (TPSA) is 30.5 Å². The maximum absolute atomic E-state index is 13.6. The van der Waals surface area contributed by atoms with Crippen LogP contribution < -0.4 is 14.8 Å². The van der Waals surface area contributed by atoms with Crippen LogP contribution in [0, 0.1) is 5.82 Å². The van der Waals surface area contributed by atoms with Gasteiger partial charge in [-0.2, -0.15) is 0 Å². The van der Waals surface area contributed by atoms with Gasteiger partial charge in [0.05, 0.1) is 12.1 Å². The van der Waals surface area contributed by atoms with E-state index in [1.165, 1.54) is 6.07 Å². The van der Waals surface area contributed by atoms with E-state index in [1.807, 2.05) is 13.1 Å². The molecule has 0 saturated heterocycles. The van der Waals surface area contributed by atoms with Gasteiger partial charge in [0, 0.05) is 12.1 Å². The zero-order valence-electron chi connectivity index (χ0n) is 12.4. The highest BCUT2D eigenvalue weighted by Gasteiger charge is 2.13. The summed E-state index contributed by atoms with van der Waals surface area (Å²) in [6.45, 7) is 0.762. The molecule has 0 saturated carbocycles. The molecule has 0 atom stereocenters. The van der Waals surface area contributed by atoms with Crippen LogP contribution in [-0.2, 0) is 13.2 Å². The van der Waals surface area contributed by atoms with Crippen molar-refractivity contribution < 1.29 is 13.9 Å². The first-order valence-corrected chi connectivity index (χ1v) is 6.90. The normalized spacial score (nSPS) is 10.0. The smallest absolute Gasteiger partial charge is 0.180 e. The summed E-state index contributed by atoms with van der Waals surface area (Å²) in [4.78, 5) is 0. The van der Waals surface area contributed by atoms with Gasteiger partial charge in [0.25, 0.3) is 0 Å². The lowest BCUT2D eigenvalue weighted by molar-refractivity contribution is 0.279. The number of rotatable bonds is 6. The van der Waals surface area contributed by atoms with Gasteiger partial charge in [0.1, 0.15) is 12.4 Å². The maximum Gasteiger partial charge on any atom is 0.180 e. The van der Waals surface area contributed by atoms with Gasteiger partial charge in [-0.1, -0.05) is 29.8 Å². The van der Waals surface area contributed by atoms with Crippen LogP contribution in [0.15, 0.2) is 36.4 Å². The lowest BCUT2D eigenvalue weighted by Crippen LogP contribution is -2.06. The van der Waals surface area contributed by atoms with E-state index < -0.39 is 0 Å². The number of methoxy groups -OCH3 is 1. The van der Waals surface area contributed by atoms with Crippen molar-refractivity contribution in [2.24, 2.45) is 0 Å². The number of nitrogens with one attached hydrogen (secondary N) is 1. The minimum Gasteiger partial charge on any atom is -0.493 e. The Balaban J connectivity index is 0.00000242. The highest BCUT2D eigenvalue weighted by Crippen LogP contribution is 2.37. The van der Waals surface area contributed by atoms with Gasteiger partial charge < -0.3 is 14.8 Å². The second kappa shape index (κ2) is 8.83. The molecule has 2 aromatic carbocycles. The minimum atomic E-state index is -0.306. The van der Waals surface area contributed by atoms with Gasteiger partial charge in [0.15, 0.2) is 11.5 Å². The first-order valence-electron chi connectivity index (χ1n) is 6.53. The van der Waals surface area contributed by atoms with Crippen LogP contribution in [0.3, 0.4) is 0 Å². The van der Waals surface area contributed by atoms with Crippen LogP contribution in [0.4, 0.5) is 4.39 Å². The van der Waals surface area contributed by atoms with Crippen molar-refractivity contribution in [2.75, 3.05) is 14.2 Å². The number of benzene rings is 2. The van der Waals surface area contributed by atoms with Crippen molar-refractivity contribution in [1.29, 1.82) is 0 Å². The van der Waals surface area contributed by atoms with Gasteiger partial charge in [-0.25, -0.2) is 4.39 Å². The molecule has 0 aromatic heterocycles. The van der Waals surface area contributed by atoms with Gasteiger partial charge in [-0.05, 0) is 30.8 Å². The highest BCUT2D eigenvalue weighted by molar-refractivity contribution is 6.32. The van der Waals surface area contributed by atoms with E-state index in [9.17, 15) is 4.39 Å². The second-order valence-electron chi connectivity index (χ2n) is 4.52. The van der Waals surface area contributed by atoms with E-state index in [0.29, 0.717) is 28.6 Å². The fourth-order valence-electron chi connectivity index (χ4n) is 1.98. The largest absolute Gasteiger partial charge is 0.493 e. The Morgan fingerprint density at radius 1 is 1.23 bits per heavy atom. The fourth-order valence-corrected chi connectivity index (χ4v) is 2.27. The number of ether oxygens (including phenoxy) is 2. The maximum atomic E-state index is 13.6. The molecule has 0 aliphatic rings. The van der Waals surface area contributed by atoms with Crippen molar-refractivity contribution in [3.05, 3.63) is 58.4 Å². The quantitative estimate of drug-likeness (QED) is 0.850. The monoisotopic (exact) mass is 345 g/mol. The molecule has 3 nitrogen and oxygen atoms in total. The van der Waals surface area contributed by atoms with Gasteiger partial charge in [-0.15, -0.1) is 12.4 Å². The molecule has 0 aliphatic heterocycles. The molecule has 22 heavy (non-hydrogen) atoms. The van der Waals surface area contributed by atoms with E-state index in [4.69, 9.17) is 21.1 Å². The Morgan fingerprint density at radius 2 is 1.95 bits per heavy atom. The molecule has 1 N–H and O–H groups in total. The molecular weight excluding hydrogens is 328 g/mol. The molecule has 2 aromatic rings. The van der Waals surface area contributed by atoms with Crippen molar-refractivity contribution in [1.82, 2.24) is 5.32 Å². The van der Waals surface area contributed by atoms with Crippen LogP contribution in [0.1, 0.15) is 11.1 Å². The Hall–Kier alpha value is -1.49. The highest BCUT2D eigenvalue weighted by atomic mass is 35.5. The average Bonchev–Trinajstić information content (AvgIpc) is 2.47. The molecule has 0 radical (unpaired) electrons. The number of halogens is 3. The van der Waals surface area contributed by atoms with Crippen molar-refractivity contribution in [2.45, 2.75) is 13.2 Å². The summed E-state index contributed by atoms with van der Waals surface area (Å²) in [5.41, 5.74) is 1.45. The average molecular weight is 346 g/mol. The molecule has 0 bridgehead atoms. The van der Waals surface area contributed by atoms with E-state index in [0.717, 1.165) is 5.56 Å². The van der Waals surface area contributed by atoms with Gasteiger partial charge >= 0.3 is 0 Å². The third kappa shape index (κ3) is 4.50. The molecule has 0 fully saturated rings. The predicted octanol–water partition coefficient (Wildman–Crippen LogP) is 4.21. The SMILES string of the molecule is CNCc1cc(Cl)c(OCc2ccccc2F)c(OC)c1.Cl. The molecule has 120 valence electrons. The standard InChI is InChI=1S/C16H17ClFNO2.ClH/c1-19-9-11-7-13(17)16(15(8-11)20-2)21-10-12-5-3-4-6-14(12)18;/h3-8,19H,9-10H2,1-2H3;1H. The van der Waals surface area contributed by atoms with E-state index in [2.05, 4.69) is 5.32 Å². The van der Waals surface area contributed by atoms with Crippen LogP contribution >= 0.6 is 24.0 Å². The first kappa shape index (κ1) is 18.6. The third-order valence-electron chi connectivity index (χ3n) is 3.00. The Bertz CT molecular complexity index is 623. The lowest BCUT2D eigenvalue weighted by Gasteiger charge is -2.14. The zero-order chi connectivity index (χ0) is 15.2. The van der Waals surface area contributed by atoms with Crippen LogP contribution in [0.25, 0.3) is 0 Å². The molecule has 0 aliphatic carbocycles. The fraction of sp³-hybridized carbons (Fsp3) is 0.250. The first-order chi connectivity index (χ1) is 10.2. The molecule has 0 spiro atoms. The lowest BCUT2D eigenvalue weighted by atomic mass is 10.2. The Labute approximate surface area is 140 Å². The Kier molecular flexibility index (Phi) is 7.45. The molecule has 0 heterocycles. The van der Waals surface area contributed by atoms with Crippen LogP contribution in [0.2, 0.25) is 5.02 Å². The van der Waals surface area contributed by atoms with Crippen molar-refractivity contribution in [3.8, 4) is 11.5 Å². The van der Waals surface area contributed by atoms with E-state index in [1.54, 1.807) is 31.4 Å². The molecular formula is C16H18Cl2FNO2. The van der Waals surface area contributed by atoms with Crippen molar-refractivity contribution in [3.63, 3.8) is 0 Å². The second-order valence-corrected chi connectivity index (χ2v) is 4.93. The summed E-state index contributed by atoms with van der Waals surface area (Å²) in [6.07, 6.45) is 0. The van der Waals surface area contributed by atoms with Gasteiger partial charge in [-0.3, -0.25) is 0 Å². The summed E-state index contributed by atoms with van der Waals surface area (Å²) < 4.78 is 24.5. The summed E-state index contributed by atoms with van der Waals surface area (Å²) in [6, 6.07) is 10.1. The zero-order valence-corrected chi connectivity index (χ0v) is 13.9. The summed E-state index contributed by atoms with van der Waals surface area (Å²) >= 11 is 6.23. The summed E-state index contributed by atoms with van der Waals surface area (Å²) in [5.74, 6) is 0.644. The van der Waals surface area contributed by atoms with Crippen molar-refractivity contribution >= 4 is 24.0 Å². The molecule has 0 unspecified atom stereocenters. The number of hydrogen-bond donors (Lipinski definition) is 1. The summed E-state index contributed by atoms with van der Waals surface area (Å²) in [5, 5.41) is 3.48. The van der Waals surface area contributed by atoms with E-state index in [-0.39, 0.29) is 24.8 Å². The molecule has 6 heteroatoms. The minimum absolute atomic E-state index is 0. The van der Waals surface area contributed by atoms with Gasteiger partial charge in [0.2, 0.25) is 0 Å². The number of hydrogen-bond acceptors (Lipinski definition) is 3. The van der Waals surface area contributed by atoms with Crippen LogP contribution in [-0.4, -0.2) is 14.2 Å². The van der Waals surface area contributed by atoms with E-state index >= 15 is 0 Å². The molecule has 2 rings (SSSR count).